The van der Waals surface area contributed by atoms with Crippen molar-refractivity contribution in [3.8, 4) is 5.75 Å². The van der Waals surface area contributed by atoms with Crippen molar-refractivity contribution < 1.29 is 37.4 Å². The van der Waals surface area contributed by atoms with Gasteiger partial charge in [-0.1, -0.05) is 13.8 Å². The van der Waals surface area contributed by atoms with Crippen LogP contribution in [0.1, 0.15) is 20.3 Å². The molecular formula is C16H21N2O9P. The number of nitro groups is 1. The van der Waals surface area contributed by atoms with Gasteiger partial charge in [0.2, 0.25) is 0 Å². The fourth-order valence-electron chi connectivity index (χ4n) is 2.31. The number of phosphoric acid groups is 1. The van der Waals surface area contributed by atoms with Crippen molar-refractivity contribution in [3.05, 3.63) is 34.4 Å². The van der Waals surface area contributed by atoms with E-state index in [4.69, 9.17) is 13.6 Å². The van der Waals surface area contributed by atoms with Gasteiger partial charge in [-0.15, -0.1) is 0 Å². The minimum atomic E-state index is -4.14. The van der Waals surface area contributed by atoms with Crippen LogP contribution in [0, 0.1) is 15.5 Å². The number of methoxy groups -OCH3 is 1. The molecule has 1 aromatic carbocycles. The smallest absolute Gasteiger partial charge is 0.469 e. The minimum absolute atomic E-state index is 0.0236. The second-order valence-corrected chi connectivity index (χ2v) is 8.20. The van der Waals surface area contributed by atoms with Gasteiger partial charge in [0.15, 0.2) is 6.10 Å². The first-order chi connectivity index (χ1) is 13.1. The molecule has 1 heterocycles. The monoisotopic (exact) mass is 416 g/mol. The molecule has 0 spiro atoms. The summed E-state index contributed by atoms with van der Waals surface area (Å²) in [5, 5.41) is 13.2. The molecule has 2 atom stereocenters. The largest absolute Gasteiger partial charge is 0.530 e. The molecule has 0 bridgehead atoms. The van der Waals surface area contributed by atoms with Gasteiger partial charge in [-0.25, -0.2) is 4.57 Å². The maximum atomic E-state index is 12.8. The van der Waals surface area contributed by atoms with Crippen molar-refractivity contribution in [2.24, 2.45) is 5.41 Å². The third-order valence-corrected chi connectivity index (χ3v) is 5.25. The van der Waals surface area contributed by atoms with Gasteiger partial charge in [0.05, 0.1) is 25.1 Å². The Balaban J connectivity index is 2.06. The lowest BCUT2D eigenvalue weighted by atomic mass is 9.87. The Morgan fingerprint density at radius 3 is 2.57 bits per heavy atom. The zero-order valence-electron chi connectivity index (χ0n) is 15.6. The fraction of sp³-hybridized carbons (Fsp3) is 0.500. The Morgan fingerprint density at radius 1 is 1.36 bits per heavy atom. The zero-order chi connectivity index (χ0) is 20.9. The molecule has 1 aromatic rings. The molecule has 1 amide bonds. The van der Waals surface area contributed by atoms with Crippen molar-refractivity contribution in [1.29, 1.82) is 0 Å². The van der Waals surface area contributed by atoms with Crippen molar-refractivity contribution in [1.82, 2.24) is 5.32 Å². The highest BCUT2D eigenvalue weighted by atomic mass is 31.2. The topological polar surface area (TPSA) is 143 Å². The summed E-state index contributed by atoms with van der Waals surface area (Å²) in [4.78, 5) is 33.7. The molecule has 2 rings (SSSR count). The number of carbonyl (C=O) groups excluding carboxylic acids is 2. The number of non-ortho nitro benzene ring substituents is 1. The number of nitro benzene ring substituents is 1. The molecule has 1 N–H and O–H groups in total. The van der Waals surface area contributed by atoms with E-state index in [0.717, 1.165) is 0 Å². The van der Waals surface area contributed by atoms with E-state index in [1.165, 1.54) is 31.4 Å². The molecule has 1 fully saturated rings. The first kappa shape index (κ1) is 21.8. The number of hydrogen-bond donors (Lipinski definition) is 1. The molecule has 1 aliphatic heterocycles. The van der Waals surface area contributed by atoms with Crippen molar-refractivity contribution in [2.75, 3.05) is 20.3 Å². The van der Waals surface area contributed by atoms with E-state index < -0.39 is 36.1 Å². The first-order valence-electron chi connectivity index (χ1n) is 8.28. The Hall–Kier alpha value is -2.49. The summed E-state index contributed by atoms with van der Waals surface area (Å²) in [5.74, 6) is -1.04. The summed E-state index contributed by atoms with van der Waals surface area (Å²) in [6.45, 7) is 3.31. The minimum Gasteiger partial charge on any atom is -0.469 e. The third-order valence-electron chi connectivity index (χ3n) is 3.90. The van der Waals surface area contributed by atoms with Gasteiger partial charge < -0.3 is 14.6 Å². The summed E-state index contributed by atoms with van der Waals surface area (Å²) in [6, 6.07) is 4.84. The van der Waals surface area contributed by atoms with Crippen LogP contribution < -0.4 is 9.84 Å². The number of phosphoric ester groups is 1. The summed E-state index contributed by atoms with van der Waals surface area (Å²) in [5.41, 5.74) is -0.984. The highest BCUT2D eigenvalue weighted by Gasteiger charge is 2.49. The molecular weight excluding hydrogens is 395 g/mol. The maximum absolute atomic E-state index is 12.8. The number of nitrogens with one attached hydrogen (secondary N) is 1. The van der Waals surface area contributed by atoms with Crippen molar-refractivity contribution in [3.63, 3.8) is 0 Å². The average Bonchev–Trinajstić information content (AvgIpc) is 2.64. The van der Waals surface area contributed by atoms with E-state index in [2.05, 4.69) is 10.1 Å². The lowest BCUT2D eigenvalue weighted by Gasteiger charge is -2.39. The van der Waals surface area contributed by atoms with Gasteiger partial charge in [-0.3, -0.25) is 28.8 Å². The van der Waals surface area contributed by atoms with E-state index in [1.54, 1.807) is 13.8 Å². The van der Waals surface area contributed by atoms with Crippen LogP contribution in [-0.2, 0) is 27.9 Å². The molecule has 11 nitrogen and oxygen atoms in total. The SMILES string of the molecule is COC(=O)CCNC(=O)[C@@H]1OP(=O)(Oc2ccc([N+](=O)[O-])cc2)OCC1(C)C. The number of esters is 1. The van der Waals surface area contributed by atoms with Crippen LogP contribution >= 0.6 is 7.82 Å². The molecule has 154 valence electrons. The average molecular weight is 416 g/mol. The van der Waals surface area contributed by atoms with Crippen LogP contribution in [0.15, 0.2) is 24.3 Å². The molecule has 0 saturated carbocycles. The standard InChI is InChI=1S/C16H21N2O9P/c1-16(2)10-25-28(23,26-12-6-4-11(5-7-12)18(21)22)27-14(16)15(20)17-9-8-13(19)24-3/h4-7,14H,8-10H2,1-3H3,(H,17,20)/t14-,28?/m0/s1. The highest BCUT2D eigenvalue weighted by Crippen LogP contribution is 2.56. The van der Waals surface area contributed by atoms with Crippen LogP contribution in [0.5, 0.6) is 5.75 Å². The van der Waals surface area contributed by atoms with E-state index >= 15 is 0 Å². The van der Waals surface area contributed by atoms with E-state index in [1.807, 2.05) is 0 Å². The van der Waals surface area contributed by atoms with Crippen LogP contribution in [0.3, 0.4) is 0 Å². The molecule has 0 aromatic heterocycles. The predicted octanol–water partition coefficient (Wildman–Crippen LogP) is 2.20. The van der Waals surface area contributed by atoms with E-state index in [0.29, 0.717) is 0 Å². The van der Waals surface area contributed by atoms with Gasteiger partial charge in [-0.2, -0.15) is 0 Å². The second kappa shape index (κ2) is 8.68. The Bertz CT molecular complexity index is 794. The van der Waals surface area contributed by atoms with Crippen LogP contribution in [0.25, 0.3) is 0 Å². The van der Waals surface area contributed by atoms with Gasteiger partial charge in [0, 0.05) is 24.1 Å². The molecule has 1 unspecified atom stereocenters. The summed E-state index contributed by atoms with van der Waals surface area (Å²) in [6.07, 6.45) is -1.19. The summed E-state index contributed by atoms with van der Waals surface area (Å²) in [7, 11) is -2.91. The van der Waals surface area contributed by atoms with Gasteiger partial charge >= 0.3 is 13.8 Å². The Labute approximate surface area is 161 Å². The highest BCUT2D eigenvalue weighted by molar-refractivity contribution is 7.49. The number of benzene rings is 1. The van der Waals surface area contributed by atoms with Crippen LogP contribution in [-0.4, -0.2) is 43.2 Å². The van der Waals surface area contributed by atoms with Crippen LogP contribution in [0.4, 0.5) is 5.69 Å². The predicted molar refractivity (Wildman–Crippen MR) is 95.6 cm³/mol. The normalized spacial score (nSPS) is 23.5. The molecule has 1 aliphatic rings. The number of carbonyl (C=O) groups is 2. The zero-order valence-corrected chi connectivity index (χ0v) is 16.5. The third kappa shape index (κ3) is 5.51. The van der Waals surface area contributed by atoms with Crippen LogP contribution in [0.2, 0.25) is 0 Å². The summed E-state index contributed by atoms with van der Waals surface area (Å²) < 4.78 is 33.1. The first-order valence-corrected chi connectivity index (χ1v) is 9.74. The lowest BCUT2D eigenvalue weighted by Crippen LogP contribution is -2.50. The number of rotatable bonds is 7. The molecule has 1 saturated heterocycles. The lowest BCUT2D eigenvalue weighted by molar-refractivity contribution is -0.384. The fourth-order valence-corrected chi connectivity index (χ4v) is 3.98. The van der Waals surface area contributed by atoms with Gasteiger partial charge in [0.25, 0.3) is 11.6 Å². The summed E-state index contributed by atoms with van der Waals surface area (Å²) >= 11 is 0. The number of nitrogens with zero attached hydrogens (tertiary/aromatic N) is 1. The molecule has 28 heavy (non-hydrogen) atoms. The molecule has 0 radical (unpaired) electrons. The van der Waals surface area contributed by atoms with Gasteiger partial charge in [-0.05, 0) is 12.1 Å². The van der Waals surface area contributed by atoms with Gasteiger partial charge in [0.1, 0.15) is 5.75 Å². The number of amides is 1. The quantitative estimate of drug-likeness (QED) is 0.306. The second-order valence-electron chi connectivity index (χ2n) is 6.65. The molecule has 12 heteroatoms. The Morgan fingerprint density at radius 2 is 2.00 bits per heavy atom. The number of hydrogen-bond acceptors (Lipinski definition) is 9. The maximum Gasteiger partial charge on any atom is 0.530 e. The van der Waals surface area contributed by atoms with E-state index in [9.17, 15) is 24.3 Å². The molecule has 0 aliphatic carbocycles. The number of ether oxygens (including phenoxy) is 1. The van der Waals surface area contributed by atoms with E-state index in [-0.39, 0.29) is 31.0 Å². The Kier molecular flexibility index (Phi) is 6.76. The van der Waals surface area contributed by atoms with Crippen molar-refractivity contribution >= 4 is 25.4 Å². The van der Waals surface area contributed by atoms with Crippen molar-refractivity contribution in [2.45, 2.75) is 26.4 Å².